The fourth-order valence-electron chi connectivity index (χ4n) is 2.11. The Morgan fingerprint density at radius 2 is 2.12 bits per heavy atom. The lowest BCUT2D eigenvalue weighted by Crippen LogP contribution is -2.19. The fourth-order valence-corrected chi connectivity index (χ4v) is 3.26. The topological polar surface area (TPSA) is 84.1 Å². The quantitative estimate of drug-likeness (QED) is 0.656. The molecule has 0 saturated carbocycles. The smallest absolute Gasteiger partial charge is 0.275 e. The maximum atomic E-state index is 12.3. The molecule has 3 aromatic rings. The van der Waals surface area contributed by atoms with Crippen molar-refractivity contribution in [3.63, 3.8) is 0 Å². The van der Waals surface area contributed by atoms with Crippen LogP contribution in [0.1, 0.15) is 17.4 Å². The maximum Gasteiger partial charge on any atom is 0.275 e. The van der Waals surface area contributed by atoms with E-state index in [9.17, 15) is 9.59 Å². The molecule has 0 aliphatic heterocycles. The summed E-state index contributed by atoms with van der Waals surface area (Å²) in [5.41, 5.74) is 0.939. The van der Waals surface area contributed by atoms with Crippen LogP contribution in [0.3, 0.4) is 0 Å². The third-order valence-corrected chi connectivity index (χ3v) is 4.61. The third-order valence-electron chi connectivity index (χ3n) is 3.27. The molecular weight excluding hydrogens is 406 g/mol. The number of nitrogens with zero attached hydrogens (tertiary/aromatic N) is 1. The van der Waals surface area contributed by atoms with Crippen LogP contribution >= 0.6 is 27.3 Å². The Morgan fingerprint density at radius 1 is 1.36 bits per heavy atom. The molecule has 0 saturated heterocycles. The Labute approximate surface area is 156 Å². The first-order valence-electron chi connectivity index (χ1n) is 7.45. The standard InChI is InChI=1S/C17H14BrN3O3S/c1-2-24-12-5-3-10(4-6-12)17-21-14(9-25-17)16(23)20-13-7-11(18)8-19-15(13)22/h3-9H,2H2,1H3,(H,19,22)(H,20,23). The van der Waals surface area contributed by atoms with Crippen LogP contribution in [0.4, 0.5) is 5.69 Å². The molecule has 0 bridgehead atoms. The number of hydrogen-bond donors (Lipinski definition) is 2. The van der Waals surface area contributed by atoms with E-state index in [1.807, 2.05) is 31.2 Å². The average Bonchev–Trinajstić information content (AvgIpc) is 3.09. The molecule has 2 N–H and O–H groups in total. The number of H-pyrrole nitrogens is 1. The third kappa shape index (κ3) is 4.15. The number of carbonyl (C=O) groups is 1. The molecule has 8 heteroatoms. The van der Waals surface area contributed by atoms with E-state index < -0.39 is 5.91 Å². The highest BCUT2D eigenvalue weighted by atomic mass is 79.9. The monoisotopic (exact) mass is 419 g/mol. The van der Waals surface area contributed by atoms with Crippen LogP contribution in [0.25, 0.3) is 10.6 Å². The van der Waals surface area contributed by atoms with Gasteiger partial charge in [-0.3, -0.25) is 9.59 Å². The van der Waals surface area contributed by atoms with Crippen LogP contribution < -0.4 is 15.6 Å². The second kappa shape index (κ2) is 7.62. The van der Waals surface area contributed by atoms with Gasteiger partial charge in [-0.25, -0.2) is 4.98 Å². The predicted octanol–water partition coefficient (Wildman–Crippen LogP) is 3.91. The molecule has 25 heavy (non-hydrogen) atoms. The zero-order chi connectivity index (χ0) is 17.8. The Hall–Kier alpha value is -2.45. The van der Waals surface area contributed by atoms with E-state index in [1.165, 1.54) is 23.6 Å². The lowest BCUT2D eigenvalue weighted by atomic mass is 10.2. The lowest BCUT2D eigenvalue weighted by Gasteiger charge is -2.03. The first-order valence-corrected chi connectivity index (χ1v) is 9.12. The molecule has 2 aromatic heterocycles. The predicted molar refractivity (Wildman–Crippen MR) is 101 cm³/mol. The van der Waals surface area contributed by atoms with Crippen molar-refractivity contribution < 1.29 is 9.53 Å². The maximum absolute atomic E-state index is 12.3. The van der Waals surface area contributed by atoms with Crippen LogP contribution in [0, 0.1) is 0 Å². The van der Waals surface area contributed by atoms with Crippen molar-refractivity contribution in [3.8, 4) is 16.3 Å². The number of aromatic amines is 1. The first kappa shape index (κ1) is 17.4. The average molecular weight is 420 g/mol. The number of anilines is 1. The van der Waals surface area contributed by atoms with E-state index in [1.54, 1.807) is 5.38 Å². The number of pyridine rings is 1. The number of hydrogen-bond acceptors (Lipinski definition) is 5. The zero-order valence-corrected chi connectivity index (χ0v) is 15.6. The van der Waals surface area contributed by atoms with Gasteiger partial charge >= 0.3 is 0 Å². The van der Waals surface area contributed by atoms with Gasteiger partial charge in [-0.1, -0.05) is 0 Å². The van der Waals surface area contributed by atoms with E-state index in [0.717, 1.165) is 16.3 Å². The zero-order valence-electron chi connectivity index (χ0n) is 13.2. The molecule has 0 atom stereocenters. The van der Waals surface area contributed by atoms with Gasteiger partial charge in [0.2, 0.25) is 0 Å². The molecule has 3 rings (SSSR count). The number of ether oxygens (including phenoxy) is 1. The van der Waals surface area contributed by atoms with Crippen LogP contribution in [0.15, 0.2) is 51.2 Å². The molecule has 0 aliphatic carbocycles. The van der Waals surface area contributed by atoms with Crippen LogP contribution in [0.2, 0.25) is 0 Å². The summed E-state index contributed by atoms with van der Waals surface area (Å²) in [4.78, 5) is 30.9. The van der Waals surface area contributed by atoms with E-state index >= 15 is 0 Å². The molecule has 6 nitrogen and oxygen atoms in total. The lowest BCUT2D eigenvalue weighted by molar-refractivity contribution is 0.102. The number of thiazole rings is 1. The molecule has 2 heterocycles. The summed E-state index contributed by atoms with van der Waals surface area (Å²) < 4.78 is 6.07. The first-order chi connectivity index (χ1) is 12.1. The molecule has 128 valence electrons. The second-order valence-corrected chi connectivity index (χ2v) is 6.78. The number of carbonyl (C=O) groups excluding carboxylic acids is 1. The van der Waals surface area contributed by atoms with E-state index in [2.05, 4.69) is 31.2 Å². The van der Waals surface area contributed by atoms with Crippen molar-refractivity contribution in [1.29, 1.82) is 0 Å². The summed E-state index contributed by atoms with van der Waals surface area (Å²) in [5.74, 6) is 0.353. The summed E-state index contributed by atoms with van der Waals surface area (Å²) in [6.07, 6.45) is 1.50. The Morgan fingerprint density at radius 3 is 2.84 bits per heavy atom. The van der Waals surface area contributed by atoms with Crippen molar-refractivity contribution >= 4 is 38.9 Å². The summed E-state index contributed by atoms with van der Waals surface area (Å²) in [6, 6.07) is 9.05. The molecular formula is C17H14BrN3O3S. The summed E-state index contributed by atoms with van der Waals surface area (Å²) in [7, 11) is 0. The fraction of sp³-hybridized carbons (Fsp3) is 0.118. The van der Waals surface area contributed by atoms with Crippen molar-refractivity contribution in [3.05, 3.63) is 62.4 Å². The van der Waals surface area contributed by atoms with Gasteiger partial charge < -0.3 is 15.0 Å². The van der Waals surface area contributed by atoms with Gasteiger partial charge in [0.05, 0.1) is 6.61 Å². The highest BCUT2D eigenvalue weighted by molar-refractivity contribution is 9.10. The van der Waals surface area contributed by atoms with Crippen molar-refractivity contribution in [2.45, 2.75) is 6.92 Å². The Balaban J connectivity index is 1.77. The molecule has 0 radical (unpaired) electrons. The number of nitrogens with one attached hydrogen (secondary N) is 2. The van der Waals surface area contributed by atoms with Crippen molar-refractivity contribution in [1.82, 2.24) is 9.97 Å². The molecule has 1 amide bonds. The van der Waals surface area contributed by atoms with Gasteiger partial charge in [0.15, 0.2) is 0 Å². The number of halogens is 1. The van der Waals surface area contributed by atoms with E-state index in [0.29, 0.717) is 11.1 Å². The minimum atomic E-state index is -0.433. The highest BCUT2D eigenvalue weighted by Crippen LogP contribution is 2.26. The highest BCUT2D eigenvalue weighted by Gasteiger charge is 2.14. The van der Waals surface area contributed by atoms with Gasteiger partial charge in [0.25, 0.3) is 11.5 Å². The summed E-state index contributed by atoms with van der Waals surface area (Å²) in [5, 5.41) is 4.95. The van der Waals surface area contributed by atoms with Gasteiger partial charge in [0, 0.05) is 21.6 Å². The Bertz CT molecular complexity index is 950. The van der Waals surface area contributed by atoms with Crippen LogP contribution in [-0.2, 0) is 0 Å². The Kier molecular flexibility index (Phi) is 5.30. The summed E-state index contributed by atoms with van der Waals surface area (Å²) >= 11 is 4.61. The van der Waals surface area contributed by atoms with Gasteiger partial charge in [-0.05, 0) is 53.2 Å². The molecule has 1 aromatic carbocycles. The molecule has 0 unspecified atom stereocenters. The number of benzene rings is 1. The second-order valence-electron chi connectivity index (χ2n) is 5.01. The molecule has 0 spiro atoms. The van der Waals surface area contributed by atoms with E-state index in [-0.39, 0.29) is 16.9 Å². The van der Waals surface area contributed by atoms with Crippen molar-refractivity contribution in [2.24, 2.45) is 0 Å². The minimum Gasteiger partial charge on any atom is -0.494 e. The number of amides is 1. The summed E-state index contributed by atoms with van der Waals surface area (Å²) in [6.45, 7) is 2.53. The minimum absolute atomic E-state index is 0.162. The van der Waals surface area contributed by atoms with Gasteiger partial charge in [0.1, 0.15) is 22.1 Å². The molecule has 0 fully saturated rings. The van der Waals surface area contributed by atoms with E-state index in [4.69, 9.17) is 4.74 Å². The molecule has 0 aliphatic rings. The van der Waals surface area contributed by atoms with Crippen LogP contribution in [0.5, 0.6) is 5.75 Å². The number of aromatic nitrogens is 2. The largest absolute Gasteiger partial charge is 0.494 e. The normalized spacial score (nSPS) is 10.5. The van der Waals surface area contributed by atoms with Gasteiger partial charge in [-0.15, -0.1) is 11.3 Å². The number of rotatable bonds is 5. The SMILES string of the molecule is CCOc1ccc(-c2nc(C(=O)Nc3cc(Br)c[nH]c3=O)cs2)cc1. The van der Waals surface area contributed by atoms with Crippen molar-refractivity contribution in [2.75, 3.05) is 11.9 Å². The van der Waals surface area contributed by atoms with Crippen LogP contribution in [-0.4, -0.2) is 22.5 Å². The van der Waals surface area contributed by atoms with Gasteiger partial charge in [-0.2, -0.15) is 0 Å².